The van der Waals surface area contributed by atoms with Crippen LogP contribution in [0.4, 0.5) is 0 Å². The smallest absolute Gasteiger partial charge is 0.219 e. The SMILES string of the molecule is CC(=O)N1CCN(C(C)(C)C)CC1.CC(C)(C)N1CCN(CCO)CC1.CC(C)N1CCN(C(C)(C)C)CC1.CCN1CCN(C(C)(C)C)CC1. The van der Waals surface area contributed by atoms with Gasteiger partial charge in [0.2, 0.25) is 5.91 Å². The van der Waals surface area contributed by atoms with E-state index in [1.807, 2.05) is 4.90 Å². The number of carbonyl (C=O) groups is 1. The van der Waals surface area contributed by atoms with Gasteiger partial charge in [-0.1, -0.05) is 6.92 Å². The van der Waals surface area contributed by atoms with E-state index in [0.717, 1.165) is 58.9 Å². The second-order valence-corrected chi connectivity index (χ2v) is 19.3. The minimum atomic E-state index is 0.202. The number of rotatable bonds is 4. The maximum Gasteiger partial charge on any atom is 0.219 e. The Bertz CT molecular complexity index is 917. The number of β-amino-alcohol motifs (C(OH)–C–C–N with tert-alkyl or cyclic N) is 1. The number of amides is 1. The van der Waals surface area contributed by atoms with Gasteiger partial charge in [-0.05, 0) is 103 Å². The van der Waals surface area contributed by atoms with E-state index in [4.69, 9.17) is 5.11 Å². The molecule has 10 heteroatoms. The first-order valence-electron chi connectivity index (χ1n) is 20.5. The molecule has 0 spiro atoms. The number of hydrogen-bond acceptors (Lipinski definition) is 9. The van der Waals surface area contributed by atoms with Gasteiger partial charge in [-0.2, -0.15) is 0 Å². The third-order valence-corrected chi connectivity index (χ3v) is 11.2. The molecule has 0 bridgehead atoms. The molecule has 4 fully saturated rings. The number of hydrogen-bond donors (Lipinski definition) is 1. The van der Waals surface area contributed by atoms with Crippen LogP contribution in [0.5, 0.6) is 0 Å². The summed E-state index contributed by atoms with van der Waals surface area (Å²) in [5.74, 6) is 0.202. The van der Waals surface area contributed by atoms with E-state index in [-0.39, 0.29) is 18.1 Å². The van der Waals surface area contributed by atoms with E-state index in [2.05, 4.69) is 138 Å². The van der Waals surface area contributed by atoms with Gasteiger partial charge >= 0.3 is 0 Å². The average molecular weight is 725 g/mol. The summed E-state index contributed by atoms with van der Waals surface area (Å²) in [6.45, 7) is 56.1. The fraction of sp³-hybridized carbons (Fsp3) is 0.976. The molecule has 0 unspecified atom stereocenters. The van der Waals surface area contributed by atoms with Crippen LogP contribution in [0.2, 0.25) is 0 Å². The van der Waals surface area contributed by atoms with Crippen LogP contribution in [0.3, 0.4) is 0 Å². The van der Waals surface area contributed by atoms with Crippen molar-refractivity contribution in [3.05, 3.63) is 0 Å². The van der Waals surface area contributed by atoms with Crippen LogP contribution >= 0.6 is 0 Å². The van der Waals surface area contributed by atoms with Crippen molar-refractivity contribution in [2.45, 2.75) is 139 Å². The first-order chi connectivity index (χ1) is 23.4. The number of piperazine rings is 4. The van der Waals surface area contributed by atoms with Gasteiger partial charge in [0.1, 0.15) is 0 Å². The zero-order valence-corrected chi connectivity index (χ0v) is 36.9. The van der Waals surface area contributed by atoms with Gasteiger partial charge in [0.25, 0.3) is 0 Å². The van der Waals surface area contributed by atoms with Gasteiger partial charge in [-0.3, -0.25) is 34.2 Å². The molecular weight excluding hydrogens is 637 g/mol. The van der Waals surface area contributed by atoms with Gasteiger partial charge in [0, 0.05) is 146 Å². The van der Waals surface area contributed by atoms with Crippen molar-refractivity contribution in [3.63, 3.8) is 0 Å². The topological polar surface area (TPSA) is 63.2 Å². The van der Waals surface area contributed by atoms with E-state index in [9.17, 15) is 4.79 Å². The minimum Gasteiger partial charge on any atom is -0.395 e. The fourth-order valence-corrected chi connectivity index (χ4v) is 7.12. The molecule has 51 heavy (non-hydrogen) atoms. The largest absolute Gasteiger partial charge is 0.395 e. The van der Waals surface area contributed by atoms with E-state index in [0.29, 0.717) is 22.7 Å². The van der Waals surface area contributed by atoms with Crippen LogP contribution in [0.25, 0.3) is 0 Å². The number of aliphatic hydroxyl groups excluding tert-OH is 1. The highest BCUT2D eigenvalue weighted by Gasteiger charge is 2.28. The minimum absolute atomic E-state index is 0.202. The Kier molecular flexibility index (Phi) is 20.7. The monoisotopic (exact) mass is 725 g/mol. The van der Waals surface area contributed by atoms with Crippen LogP contribution in [-0.4, -0.2) is 203 Å². The lowest BCUT2D eigenvalue weighted by molar-refractivity contribution is -0.131. The van der Waals surface area contributed by atoms with Crippen LogP contribution in [0.15, 0.2) is 0 Å². The number of carbonyl (C=O) groups excluding carboxylic acids is 1. The van der Waals surface area contributed by atoms with Gasteiger partial charge in [-0.25, -0.2) is 0 Å². The van der Waals surface area contributed by atoms with Crippen LogP contribution in [-0.2, 0) is 4.79 Å². The molecule has 1 N–H and O–H groups in total. The van der Waals surface area contributed by atoms with Gasteiger partial charge in [0.05, 0.1) is 6.61 Å². The van der Waals surface area contributed by atoms with E-state index < -0.39 is 0 Å². The Morgan fingerprint density at radius 1 is 0.510 bits per heavy atom. The number of nitrogens with zero attached hydrogens (tertiary/aromatic N) is 8. The molecule has 4 saturated heterocycles. The molecule has 0 atom stereocenters. The van der Waals surface area contributed by atoms with Crippen molar-refractivity contribution in [2.24, 2.45) is 0 Å². The molecule has 304 valence electrons. The third-order valence-electron chi connectivity index (χ3n) is 11.2. The molecule has 10 nitrogen and oxygen atoms in total. The van der Waals surface area contributed by atoms with E-state index in [1.165, 1.54) is 58.9 Å². The maximum atomic E-state index is 11.1. The van der Waals surface area contributed by atoms with E-state index in [1.54, 1.807) is 6.92 Å². The Morgan fingerprint density at radius 2 is 0.804 bits per heavy atom. The first-order valence-corrected chi connectivity index (χ1v) is 20.5. The molecule has 0 aromatic rings. The number of likely N-dealkylation sites (N-methyl/N-ethyl adjacent to an activating group) is 1. The molecule has 4 aliphatic rings. The Hall–Kier alpha value is -0.850. The van der Waals surface area contributed by atoms with Gasteiger partial charge in [-0.15, -0.1) is 0 Å². The highest BCUT2D eigenvalue weighted by Crippen LogP contribution is 2.18. The Labute approximate surface area is 317 Å². The summed E-state index contributed by atoms with van der Waals surface area (Å²) in [6, 6.07) is 0.710. The summed E-state index contributed by atoms with van der Waals surface area (Å²) in [4.78, 5) is 30.4. The molecular formula is C41H88N8O2. The maximum absolute atomic E-state index is 11.1. The highest BCUT2D eigenvalue weighted by atomic mass is 16.3. The second kappa shape index (κ2) is 21.9. The lowest BCUT2D eigenvalue weighted by Gasteiger charge is -2.43. The summed E-state index contributed by atoms with van der Waals surface area (Å²) in [6.07, 6.45) is 0. The third kappa shape index (κ3) is 18.8. The summed E-state index contributed by atoms with van der Waals surface area (Å²) in [7, 11) is 0. The second-order valence-electron chi connectivity index (χ2n) is 19.3. The Balaban J connectivity index is 0.000000340. The highest BCUT2D eigenvalue weighted by molar-refractivity contribution is 5.73. The lowest BCUT2D eigenvalue weighted by Crippen LogP contribution is -2.54. The van der Waals surface area contributed by atoms with Crippen LogP contribution in [0.1, 0.15) is 111 Å². The molecule has 4 heterocycles. The van der Waals surface area contributed by atoms with Crippen molar-refractivity contribution in [1.82, 2.24) is 39.2 Å². The first kappa shape index (κ1) is 48.2. The average Bonchev–Trinajstić information content (AvgIpc) is 3.04. The molecule has 4 aliphatic heterocycles. The summed E-state index contributed by atoms with van der Waals surface area (Å²) in [5, 5.41) is 8.79. The van der Waals surface area contributed by atoms with Crippen molar-refractivity contribution >= 4 is 5.91 Å². The number of aliphatic hydroxyl groups is 1. The normalized spacial score (nSPS) is 22.0. The van der Waals surface area contributed by atoms with Gasteiger partial charge in [0.15, 0.2) is 0 Å². The molecule has 0 radical (unpaired) electrons. The van der Waals surface area contributed by atoms with Crippen LogP contribution in [0, 0.1) is 0 Å². The Morgan fingerprint density at radius 3 is 1.06 bits per heavy atom. The molecule has 1 amide bonds. The molecule has 0 saturated carbocycles. The zero-order valence-electron chi connectivity index (χ0n) is 36.9. The van der Waals surface area contributed by atoms with Crippen molar-refractivity contribution < 1.29 is 9.90 Å². The predicted octanol–water partition coefficient (Wildman–Crippen LogP) is 4.58. The lowest BCUT2D eigenvalue weighted by atomic mass is 10.0. The summed E-state index contributed by atoms with van der Waals surface area (Å²) in [5.41, 5.74) is 1.25. The molecule has 0 aromatic heterocycles. The predicted molar refractivity (Wildman–Crippen MR) is 220 cm³/mol. The van der Waals surface area contributed by atoms with Gasteiger partial charge < -0.3 is 14.9 Å². The van der Waals surface area contributed by atoms with Crippen molar-refractivity contribution in [3.8, 4) is 0 Å². The standard InChI is InChI=1S/C11H24N2.C10H20N2O.C10H22N2O.C10H22N2/c1-10(2)12-6-8-13(9-7-12)11(3,4)5;1-9(13)11-5-7-12(8-6-11)10(2,3)4;1-10(2,3)12-6-4-11(5-7-12)8-9-13;1-5-11-6-8-12(9-7-11)10(2,3)4/h10H,6-9H2,1-5H3;5-8H2,1-4H3;13H,4-9H2,1-3H3;5-9H2,1-4H3. The summed E-state index contributed by atoms with van der Waals surface area (Å²) >= 11 is 0. The van der Waals surface area contributed by atoms with E-state index >= 15 is 0 Å². The quantitative estimate of drug-likeness (QED) is 0.450. The van der Waals surface area contributed by atoms with Crippen molar-refractivity contribution in [2.75, 3.05) is 124 Å². The van der Waals surface area contributed by atoms with Crippen LogP contribution < -0.4 is 0 Å². The van der Waals surface area contributed by atoms with Crippen molar-refractivity contribution in [1.29, 1.82) is 0 Å². The molecule has 4 rings (SSSR count). The fourth-order valence-electron chi connectivity index (χ4n) is 7.12. The zero-order chi connectivity index (χ0) is 39.2. The summed E-state index contributed by atoms with van der Waals surface area (Å²) < 4.78 is 0. The molecule has 0 aliphatic carbocycles. The molecule has 0 aromatic carbocycles.